The molecule has 0 amide bonds. The van der Waals surface area contributed by atoms with Crippen LogP contribution in [-0.2, 0) is 4.74 Å². The fourth-order valence-electron chi connectivity index (χ4n) is 0.850. The molecule has 0 heterocycles. The van der Waals surface area contributed by atoms with Crippen LogP contribution in [0.15, 0.2) is 12.2 Å². The zero-order chi connectivity index (χ0) is 8.36. The highest BCUT2D eigenvalue weighted by Gasteiger charge is 1.86. The summed E-state index contributed by atoms with van der Waals surface area (Å²) in [4.78, 5) is 0. The minimum atomic E-state index is 0.718. The predicted octanol–water partition coefficient (Wildman–Crippen LogP) is 2.97. The number of rotatable bonds is 7. The molecule has 1 nitrogen and oxygen atoms in total. The Hall–Kier alpha value is -0.300. The Balaban J connectivity index is 2.79. The van der Waals surface area contributed by atoms with Crippen LogP contribution in [0.4, 0.5) is 0 Å². The highest BCUT2D eigenvalue weighted by atomic mass is 16.5. The first-order valence-corrected chi connectivity index (χ1v) is 4.43. The monoisotopic (exact) mass is 155 g/mol. The largest absolute Gasteiger partial charge is 0.377 e. The summed E-state index contributed by atoms with van der Waals surface area (Å²) >= 11 is 0. The molecule has 0 aromatic heterocycles. The number of ether oxygens (including phenoxy) is 1. The first-order chi connectivity index (χ1) is 5.41. The molecule has 1 heteroatoms. The molecule has 0 aromatic carbocycles. The van der Waals surface area contributed by atoms with Crippen LogP contribution >= 0.6 is 0 Å². The van der Waals surface area contributed by atoms with E-state index in [0.717, 1.165) is 13.2 Å². The number of unbranched alkanes of at least 4 members (excludes halogenated alkanes) is 3. The Morgan fingerprint density at radius 2 is 2.09 bits per heavy atom. The van der Waals surface area contributed by atoms with Crippen molar-refractivity contribution in [1.82, 2.24) is 0 Å². The third kappa shape index (κ3) is 9.70. The zero-order valence-corrected chi connectivity index (χ0v) is 7.51. The normalized spacial score (nSPS) is 11.1. The summed E-state index contributed by atoms with van der Waals surface area (Å²) < 4.78 is 5.29. The summed E-state index contributed by atoms with van der Waals surface area (Å²) in [7, 11) is 0. The molecule has 0 saturated carbocycles. The van der Waals surface area contributed by atoms with Crippen molar-refractivity contribution in [2.24, 2.45) is 0 Å². The van der Waals surface area contributed by atoms with E-state index < -0.39 is 0 Å². The maximum Gasteiger partial charge on any atom is 0.0647 e. The maximum absolute atomic E-state index is 5.29. The molecule has 65 valence electrons. The van der Waals surface area contributed by atoms with Crippen molar-refractivity contribution >= 4 is 0 Å². The molecule has 1 radical (unpaired) electrons. The average molecular weight is 155 g/mol. The molecular weight excluding hydrogens is 136 g/mol. The van der Waals surface area contributed by atoms with Crippen molar-refractivity contribution < 1.29 is 4.74 Å². The van der Waals surface area contributed by atoms with Crippen LogP contribution in [0.1, 0.15) is 32.6 Å². The van der Waals surface area contributed by atoms with Gasteiger partial charge in [0, 0.05) is 6.61 Å². The van der Waals surface area contributed by atoms with E-state index in [0.29, 0.717) is 0 Å². The van der Waals surface area contributed by atoms with Gasteiger partial charge in [-0.1, -0.05) is 38.3 Å². The van der Waals surface area contributed by atoms with E-state index in [4.69, 9.17) is 4.74 Å². The number of hydrogen-bond donors (Lipinski definition) is 0. The lowest BCUT2D eigenvalue weighted by Crippen LogP contribution is -1.93. The summed E-state index contributed by atoms with van der Waals surface area (Å²) in [5.74, 6) is 0. The van der Waals surface area contributed by atoms with Gasteiger partial charge in [0.1, 0.15) is 0 Å². The molecule has 0 aliphatic carbocycles. The van der Waals surface area contributed by atoms with E-state index in [9.17, 15) is 0 Å². The second-order valence-electron chi connectivity index (χ2n) is 2.61. The summed E-state index contributed by atoms with van der Waals surface area (Å²) in [6.07, 6.45) is 8.81. The molecular formula is C10H19O. The van der Waals surface area contributed by atoms with Crippen molar-refractivity contribution in [3.63, 3.8) is 0 Å². The fourth-order valence-corrected chi connectivity index (χ4v) is 0.850. The van der Waals surface area contributed by atoms with Gasteiger partial charge in [0.2, 0.25) is 0 Å². The van der Waals surface area contributed by atoms with Crippen LogP contribution in [0.2, 0.25) is 0 Å². The van der Waals surface area contributed by atoms with Gasteiger partial charge in [0.25, 0.3) is 0 Å². The van der Waals surface area contributed by atoms with Gasteiger partial charge in [-0.3, -0.25) is 0 Å². The lowest BCUT2D eigenvalue weighted by molar-refractivity contribution is 0.157. The van der Waals surface area contributed by atoms with Crippen molar-refractivity contribution in [3.05, 3.63) is 19.1 Å². The maximum atomic E-state index is 5.29. The molecule has 11 heavy (non-hydrogen) atoms. The van der Waals surface area contributed by atoms with Gasteiger partial charge in [-0.15, -0.1) is 0 Å². The Morgan fingerprint density at radius 3 is 2.73 bits per heavy atom. The quantitative estimate of drug-likeness (QED) is 0.513. The van der Waals surface area contributed by atoms with E-state index in [1.807, 2.05) is 6.08 Å². The molecule has 0 aliphatic heterocycles. The number of hydrogen-bond acceptors (Lipinski definition) is 1. The fraction of sp³-hybridized carbons (Fsp3) is 0.700. The Bertz CT molecular complexity index is 86.9. The van der Waals surface area contributed by atoms with Crippen molar-refractivity contribution in [1.29, 1.82) is 0 Å². The first kappa shape index (κ1) is 10.7. The SMILES string of the molecule is [CH2]C=CCOCCCCCC. The smallest absolute Gasteiger partial charge is 0.0647 e. The summed E-state index contributed by atoms with van der Waals surface area (Å²) in [6, 6.07) is 0. The second-order valence-corrected chi connectivity index (χ2v) is 2.61. The Labute approximate surface area is 70.4 Å². The van der Waals surface area contributed by atoms with Crippen molar-refractivity contribution in [2.75, 3.05) is 13.2 Å². The highest BCUT2D eigenvalue weighted by Crippen LogP contribution is 1.98. The lowest BCUT2D eigenvalue weighted by atomic mass is 10.2. The van der Waals surface area contributed by atoms with Crippen LogP contribution in [0.5, 0.6) is 0 Å². The van der Waals surface area contributed by atoms with Crippen LogP contribution in [-0.4, -0.2) is 13.2 Å². The van der Waals surface area contributed by atoms with Gasteiger partial charge in [-0.05, 0) is 13.3 Å². The van der Waals surface area contributed by atoms with Crippen LogP contribution < -0.4 is 0 Å². The molecule has 0 spiro atoms. The Kier molecular flexibility index (Phi) is 9.44. The van der Waals surface area contributed by atoms with Crippen LogP contribution in [0.3, 0.4) is 0 Å². The molecule has 0 rings (SSSR count). The van der Waals surface area contributed by atoms with E-state index in [1.54, 1.807) is 6.08 Å². The van der Waals surface area contributed by atoms with Gasteiger partial charge in [-0.2, -0.15) is 0 Å². The van der Waals surface area contributed by atoms with Gasteiger partial charge < -0.3 is 4.74 Å². The molecule has 0 unspecified atom stereocenters. The topological polar surface area (TPSA) is 9.23 Å². The van der Waals surface area contributed by atoms with Gasteiger partial charge >= 0.3 is 0 Å². The minimum absolute atomic E-state index is 0.718. The molecule has 0 aromatic rings. The minimum Gasteiger partial charge on any atom is -0.377 e. The molecule has 0 bridgehead atoms. The Morgan fingerprint density at radius 1 is 1.27 bits per heavy atom. The highest BCUT2D eigenvalue weighted by molar-refractivity contribution is 4.83. The summed E-state index contributed by atoms with van der Waals surface area (Å²) in [6.45, 7) is 7.40. The molecule has 0 N–H and O–H groups in total. The summed E-state index contributed by atoms with van der Waals surface area (Å²) in [5.41, 5.74) is 0. The molecule has 0 fully saturated rings. The second kappa shape index (κ2) is 9.70. The zero-order valence-electron chi connectivity index (χ0n) is 7.51. The molecule has 0 atom stereocenters. The van der Waals surface area contributed by atoms with E-state index in [1.165, 1.54) is 25.7 Å². The van der Waals surface area contributed by atoms with Crippen LogP contribution in [0.25, 0.3) is 0 Å². The van der Waals surface area contributed by atoms with Crippen molar-refractivity contribution in [3.8, 4) is 0 Å². The summed E-state index contributed by atoms with van der Waals surface area (Å²) in [5, 5.41) is 0. The van der Waals surface area contributed by atoms with Gasteiger partial charge in [0.15, 0.2) is 0 Å². The standard InChI is InChI=1S/C10H19O/c1-3-5-7-8-10-11-9-6-4-2/h4,6H,2-3,5,7-10H2,1H3. The third-order valence-corrected chi connectivity index (χ3v) is 1.52. The third-order valence-electron chi connectivity index (χ3n) is 1.52. The molecule has 0 saturated heterocycles. The van der Waals surface area contributed by atoms with Gasteiger partial charge in [0.05, 0.1) is 6.61 Å². The van der Waals surface area contributed by atoms with Crippen LogP contribution in [0, 0.1) is 6.92 Å². The first-order valence-electron chi connectivity index (χ1n) is 4.43. The average Bonchev–Trinajstić information content (AvgIpc) is 2.03. The molecule has 0 aliphatic rings. The van der Waals surface area contributed by atoms with E-state index in [2.05, 4.69) is 13.8 Å². The van der Waals surface area contributed by atoms with Crippen molar-refractivity contribution in [2.45, 2.75) is 32.6 Å². The lowest BCUT2D eigenvalue weighted by Gasteiger charge is -1.99. The van der Waals surface area contributed by atoms with Gasteiger partial charge in [-0.25, -0.2) is 0 Å². The number of allylic oxidation sites excluding steroid dienone is 1. The predicted molar refractivity (Wildman–Crippen MR) is 49.5 cm³/mol. The van der Waals surface area contributed by atoms with E-state index >= 15 is 0 Å². The van der Waals surface area contributed by atoms with E-state index in [-0.39, 0.29) is 0 Å².